The van der Waals surface area contributed by atoms with E-state index in [2.05, 4.69) is 5.32 Å². The third-order valence-corrected chi connectivity index (χ3v) is 3.00. The minimum absolute atomic E-state index is 0.0191. The zero-order chi connectivity index (χ0) is 12.3. The number of nitrogen functional groups attached to an aromatic ring is 1. The van der Waals surface area contributed by atoms with Crippen LogP contribution in [0.25, 0.3) is 0 Å². The largest absolute Gasteiger partial charge is 0.482 e. The number of hydrogen-bond donors (Lipinski definition) is 2. The van der Waals surface area contributed by atoms with Gasteiger partial charge < -0.3 is 15.8 Å². The molecule has 1 aliphatic rings. The van der Waals surface area contributed by atoms with Gasteiger partial charge in [-0.2, -0.15) is 0 Å². The Morgan fingerprint density at radius 1 is 1.53 bits per heavy atom. The quantitative estimate of drug-likeness (QED) is 0.760. The van der Waals surface area contributed by atoms with Gasteiger partial charge in [0, 0.05) is 6.04 Å². The molecule has 1 amide bonds. The van der Waals surface area contributed by atoms with E-state index in [0.29, 0.717) is 17.4 Å². The first-order valence-corrected chi connectivity index (χ1v) is 5.93. The number of hydrogen-bond acceptors (Lipinski definition) is 3. The molecule has 0 aliphatic heterocycles. The number of ether oxygens (including phenoxy) is 1. The third-order valence-electron chi connectivity index (χ3n) is 3.00. The van der Waals surface area contributed by atoms with Gasteiger partial charge >= 0.3 is 0 Å². The van der Waals surface area contributed by atoms with Crippen molar-refractivity contribution in [1.82, 2.24) is 5.32 Å². The van der Waals surface area contributed by atoms with E-state index < -0.39 is 0 Å². The summed E-state index contributed by atoms with van der Waals surface area (Å²) in [5, 5.41) is 2.93. The van der Waals surface area contributed by atoms with Crippen LogP contribution in [-0.4, -0.2) is 18.6 Å². The van der Waals surface area contributed by atoms with Gasteiger partial charge in [-0.05, 0) is 37.8 Å². The second kappa shape index (κ2) is 5.08. The molecule has 0 bridgehead atoms. The summed E-state index contributed by atoms with van der Waals surface area (Å²) in [6.45, 7) is 2.05. The fourth-order valence-corrected chi connectivity index (χ4v) is 1.76. The standard InChI is InChI=1S/C13H18N2O2/c1-9(10-6-7-10)15-13(16)8-17-12-5-3-2-4-11(12)14/h2-5,9-10H,6-8,14H2,1H3,(H,15,16). The maximum atomic E-state index is 11.6. The van der Waals surface area contributed by atoms with Gasteiger partial charge in [-0.3, -0.25) is 4.79 Å². The summed E-state index contributed by atoms with van der Waals surface area (Å²) in [5.41, 5.74) is 6.26. The Bertz CT molecular complexity index is 402. The van der Waals surface area contributed by atoms with Gasteiger partial charge in [0.05, 0.1) is 5.69 Å². The molecular formula is C13H18N2O2. The predicted octanol–water partition coefficient (Wildman–Crippen LogP) is 1.56. The maximum absolute atomic E-state index is 11.6. The first kappa shape index (κ1) is 11.8. The lowest BCUT2D eigenvalue weighted by atomic mass is 10.2. The van der Waals surface area contributed by atoms with Gasteiger partial charge in [0.15, 0.2) is 6.61 Å². The van der Waals surface area contributed by atoms with E-state index in [-0.39, 0.29) is 18.6 Å². The summed E-state index contributed by atoms with van der Waals surface area (Å²) >= 11 is 0. The normalized spacial score (nSPS) is 16.3. The molecule has 1 aromatic rings. The summed E-state index contributed by atoms with van der Waals surface area (Å²) in [7, 11) is 0. The molecule has 0 aromatic heterocycles. The number of amides is 1. The smallest absolute Gasteiger partial charge is 0.258 e. The Kier molecular flexibility index (Phi) is 3.52. The zero-order valence-electron chi connectivity index (χ0n) is 9.98. The van der Waals surface area contributed by atoms with Crippen LogP contribution in [0.2, 0.25) is 0 Å². The molecule has 17 heavy (non-hydrogen) atoms. The van der Waals surface area contributed by atoms with Crippen molar-refractivity contribution in [2.75, 3.05) is 12.3 Å². The average Bonchev–Trinajstić information content (AvgIpc) is 3.11. The van der Waals surface area contributed by atoms with Crippen molar-refractivity contribution < 1.29 is 9.53 Å². The van der Waals surface area contributed by atoms with Crippen LogP contribution in [0.5, 0.6) is 5.75 Å². The molecule has 0 heterocycles. The molecule has 1 atom stereocenters. The van der Waals surface area contributed by atoms with Crippen LogP contribution in [0.15, 0.2) is 24.3 Å². The average molecular weight is 234 g/mol. The lowest BCUT2D eigenvalue weighted by Crippen LogP contribution is -2.37. The molecule has 1 unspecified atom stereocenters. The second-order valence-electron chi connectivity index (χ2n) is 4.52. The summed E-state index contributed by atoms with van der Waals surface area (Å²) in [6, 6.07) is 7.42. The molecule has 1 fully saturated rings. The monoisotopic (exact) mass is 234 g/mol. The Morgan fingerprint density at radius 2 is 2.24 bits per heavy atom. The van der Waals surface area contributed by atoms with Crippen LogP contribution >= 0.6 is 0 Å². The van der Waals surface area contributed by atoms with Crippen LogP contribution in [0, 0.1) is 5.92 Å². The highest BCUT2D eigenvalue weighted by atomic mass is 16.5. The number of carbonyl (C=O) groups excluding carboxylic acids is 1. The number of para-hydroxylation sites is 2. The summed E-state index contributed by atoms with van der Waals surface area (Å²) in [5.74, 6) is 1.12. The van der Waals surface area contributed by atoms with E-state index in [4.69, 9.17) is 10.5 Å². The Balaban J connectivity index is 1.77. The molecule has 3 N–H and O–H groups in total. The van der Waals surface area contributed by atoms with Crippen LogP contribution in [0.1, 0.15) is 19.8 Å². The van der Waals surface area contributed by atoms with Crippen LogP contribution in [0.4, 0.5) is 5.69 Å². The minimum Gasteiger partial charge on any atom is -0.482 e. The molecule has 0 spiro atoms. The van der Waals surface area contributed by atoms with Crippen molar-refractivity contribution in [3.05, 3.63) is 24.3 Å². The first-order chi connectivity index (χ1) is 8.16. The number of rotatable bonds is 5. The van der Waals surface area contributed by atoms with E-state index in [9.17, 15) is 4.79 Å². The predicted molar refractivity (Wildman–Crippen MR) is 66.7 cm³/mol. The van der Waals surface area contributed by atoms with Gasteiger partial charge in [0.25, 0.3) is 5.91 Å². The van der Waals surface area contributed by atoms with Crippen LogP contribution < -0.4 is 15.8 Å². The summed E-state index contributed by atoms with van der Waals surface area (Å²) < 4.78 is 5.36. The van der Waals surface area contributed by atoms with Crippen molar-refractivity contribution in [2.45, 2.75) is 25.8 Å². The van der Waals surface area contributed by atoms with Crippen molar-refractivity contribution >= 4 is 11.6 Å². The van der Waals surface area contributed by atoms with Crippen molar-refractivity contribution in [3.63, 3.8) is 0 Å². The molecule has 1 aromatic carbocycles. The summed E-state index contributed by atoms with van der Waals surface area (Å²) in [4.78, 5) is 11.6. The number of nitrogens with two attached hydrogens (primary N) is 1. The lowest BCUT2D eigenvalue weighted by molar-refractivity contribution is -0.123. The van der Waals surface area contributed by atoms with Crippen molar-refractivity contribution in [2.24, 2.45) is 5.92 Å². The van der Waals surface area contributed by atoms with Gasteiger partial charge in [0.2, 0.25) is 0 Å². The number of carbonyl (C=O) groups is 1. The molecule has 0 saturated heterocycles. The van der Waals surface area contributed by atoms with E-state index >= 15 is 0 Å². The molecular weight excluding hydrogens is 216 g/mol. The first-order valence-electron chi connectivity index (χ1n) is 5.93. The fourth-order valence-electron chi connectivity index (χ4n) is 1.76. The molecule has 1 aliphatic carbocycles. The highest BCUT2D eigenvalue weighted by Gasteiger charge is 2.28. The Hall–Kier alpha value is -1.71. The lowest BCUT2D eigenvalue weighted by Gasteiger charge is -2.13. The van der Waals surface area contributed by atoms with Crippen LogP contribution in [0.3, 0.4) is 0 Å². The van der Waals surface area contributed by atoms with Crippen molar-refractivity contribution in [1.29, 1.82) is 0 Å². The SMILES string of the molecule is CC(NC(=O)COc1ccccc1N)C1CC1. The van der Waals surface area contributed by atoms with Crippen molar-refractivity contribution in [3.8, 4) is 5.75 Å². The second-order valence-corrected chi connectivity index (χ2v) is 4.52. The topological polar surface area (TPSA) is 64.3 Å². The van der Waals surface area contributed by atoms with E-state index in [1.54, 1.807) is 12.1 Å². The minimum atomic E-state index is -0.0901. The van der Waals surface area contributed by atoms with Gasteiger partial charge in [-0.15, -0.1) is 0 Å². The summed E-state index contributed by atoms with van der Waals surface area (Å²) in [6.07, 6.45) is 2.43. The maximum Gasteiger partial charge on any atom is 0.258 e. The molecule has 0 radical (unpaired) electrons. The van der Waals surface area contributed by atoms with Gasteiger partial charge in [-0.1, -0.05) is 12.1 Å². The van der Waals surface area contributed by atoms with E-state index in [1.807, 2.05) is 19.1 Å². The molecule has 92 valence electrons. The number of anilines is 1. The molecule has 4 nitrogen and oxygen atoms in total. The highest BCUT2D eigenvalue weighted by Crippen LogP contribution is 2.32. The third kappa shape index (κ3) is 3.37. The number of nitrogens with one attached hydrogen (secondary N) is 1. The molecule has 2 rings (SSSR count). The van der Waals surface area contributed by atoms with Crippen LogP contribution in [-0.2, 0) is 4.79 Å². The highest BCUT2D eigenvalue weighted by molar-refractivity contribution is 5.78. The number of benzene rings is 1. The molecule has 4 heteroatoms. The zero-order valence-corrected chi connectivity index (χ0v) is 9.98. The Morgan fingerprint density at radius 3 is 2.88 bits per heavy atom. The molecule has 1 saturated carbocycles. The van der Waals surface area contributed by atoms with Gasteiger partial charge in [-0.25, -0.2) is 0 Å². The van der Waals surface area contributed by atoms with E-state index in [0.717, 1.165) is 0 Å². The Labute approximate surface area is 101 Å². The van der Waals surface area contributed by atoms with E-state index in [1.165, 1.54) is 12.8 Å². The van der Waals surface area contributed by atoms with Gasteiger partial charge in [0.1, 0.15) is 5.75 Å². The fraction of sp³-hybridized carbons (Fsp3) is 0.462.